The number of aromatic nitrogens is 2. The topological polar surface area (TPSA) is 37.8 Å². The van der Waals surface area contributed by atoms with Crippen molar-refractivity contribution in [2.75, 3.05) is 5.32 Å². The molecule has 4 rings (SSSR count). The third kappa shape index (κ3) is 4.78. The summed E-state index contributed by atoms with van der Waals surface area (Å²) in [7, 11) is 0. The number of rotatable bonds is 5. The summed E-state index contributed by atoms with van der Waals surface area (Å²) in [6, 6.07) is 19.7. The quantitative estimate of drug-likeness (QED) is 0.340. The molecule has 33 heavy (non-hydrogen) atoms. The normalized spacial score (nSPS) is 12.0. The predicted molar refractivity (Wildman–Crippen MR) is 142 cm³/mol. The molecule has 1 N–H and O–H groups in total. The lowest BCUT2D eigenvalue weighted by Gasteiger charge is -2.21. The molecule has 0 fully saturated rings. The maximum Gasteiger partial charge on any atom is 0.139 e. The van der Waals surface area contributed by atoms with Crippen LogP contribution in [-0.4, -0.2) is 9.97 Å². The van der Waals surface area contributed by atoms with Gasteiger partial charge >= 0.3 is 0 Å². The van der Waals surface area contributed by atoms with Gasteiger partial charge in [0.15, 0.2) is 0 Å². The highest BCUT2D eigenvalue weighted by Crippen LogP contribution is 2.38. The van der Waals surface area contributed by atoms with E-state index in [4.69, 9.17) is 0 Å². The molecule has 0 amide bonds. The number of hydrogen-bond acceptors (Lipinski definition) is 3. The van der Waals surface area contributed by atoms with Crippen molar-refractivity contribution in [2.45, 2.75) is 65.7 Å². The van der Waals surface area contributed by atoms with Gasteiger partial charge in [0, 0.05) is 17.8 Å². The zero-order valence-electron chi connectivity index (χ0n) is 20.9. The van der Waals surface area contributed by atoms with E-state index in [1.165, 1.54) is 33.2 Å². The first-order valence-electron chi connectivity index (χ1n) is 11.9. The lowest BCUT2D eigenvalue weighted by Crippen LogP contribution is -2.11. The fourth-order valence-electron chi connectivity index (χ4n) is 4.40. The van der Waals surface area contributed by atoms with E-state index >= 15 is 0 Å². The highest BCUT2D eigenvalue weighted by molar-refractivity contribution is 5.96. The molecule has 0 saturated heterocycles. The van der Waals surface area contributed by atoms with E-state index in [0.717, 1.165) is 17.0 Å². The molecule has 0 atom stereocenters. The summed E-state index contributed by atoms with van der Waals surface area (Å²) in [5.74, 6) is 2.58. The van der Waals surface area contributed by atoms with Crippen LogP contribution in [0.25, 0.3) is 21.9 Å². The SMILES string of the molecule is CC(C)c1cccc(C(C)C)c1-c1ccc2c(Nc3cc(C(C)(C)C)ccn3)nccc2c1. The van der Waals surface area contributed by atoms with E-state index in [2.05, 4.69) is 118 Å². The summed E-state index contributed by atoms with van der Waals surface area (Å²) in [5, 5.41) is 5.72. The van der Waals surface area contributed by atoms with Crippen molar-refractivity contribution in [1.82, 2.24) is 9.97 Å². The second-order valence-electron chi connectivity index (χ2n) is 10.5. The zero-order valence-corrected chi connectivity index (χ0v) is 20.9. The zero-order chi connectivity index (χ0) is 23.8. The molecule has 0 unspecified atom stereocenters. The lowest BCUT2D eigenvalue weighted by atomic mass is 9.84. The predicted octanol–water partition coefficient (Wildman–Crippen LogP) is 8.58. The maximum absolute atomic E-state index is 4.64. The molecule has 4 aromatic rings. The van der Waals surface area contributed by atoms with Gasteiger partial charge in [-0.25, -0.2) is 9.97 Å². The first-order chi connectivity index (χ1) is 15.6. The molecule has 2 aromatic carbocycles. The summed E-state index contributed by atoms with van der Waals surface area (Å²) in [4.78, 5) is 9.17. The number of benzene rings is 2. The van der Waals surface area contributed by atoms with Gasteiger partial charge in [-0.15, -0.1) is 0 Å². The Labute approximate surface area is 198 Å². The van der Waals surface area contributed by atoms with Crippen molar-refractivity contribution < 1.29 is 0 Å². The van der Waals surface area contributed by atoms with Gasteiger partial charge in [-0.1, -0.05) is 78.8 Å². The first kappa shape index (κ1) is 23.0. The van der Waals surface area contributed by atoms with Crippen LogP contribution in [0.1, 0.15) is 77.0 Å². The second kappa shape index (κ2) is 8.97. The molecule has 2 heterocycles. The van der Waals surface area contributed by atoms with Crippen LogP contribution >= 0.6 is 0 Å². The average molecular weight is 438 g/mol. The molecule has 0 aliphatic rings. The van der Waals surface area contributed by atoms with Crippen molar-refractivity contribution in [3.8, 4) is 11.1 Å². The third-order valence-electron chi connectivity index (χ3n) is 6.30. The Morgan fingerprint density at radius 2 is 1.42 bits per heavy atom. The molecule has 0 spiro atoms. The number of anilines is 2. The van der Waals surface area contributed by atoms with Crippen LogP contribution < -0.4 is 5.32 Å². The molecular formula is C30H35N3. The molecular weight excluding hydrogens is 402 g/mol. The Morgan fingerprint density at radius 1 is 0.758 bits per heavy atom. The fraction of sp³-hybridized carbons (Fsp3) is 0.333. The van der Waals surface area contributed by atoms with E-state index in [1.54, 1.807) is 0 Å². The highest BCUT2D eigenvalue weighted by atomic mass is 15.0. The molecule has 0 bridgehead atoms. The maximum atomic E-state index is 4.64. The van der Waals surface area contributed by atoms with E-state index in [9.17, 15) is 0 Å². The largest absolute Gasteiger partial charge is 0.324 e. The first-order valence-corrected chi connectivity index (χ1v) is 11.9. The minimum atomic E-state index is 0.0678. The Balaban J connectivity index is 1.79. The van der Waals surface area contributed by atoms with E-state index in [1.807, 2.05) is 12.4 Å². The number of nitrogens with zero attached hydrogens (tertiary/aromatic N) is 2. The van der Waals surface area contributed by atoms with E-state index < -0.39 is 0 Å². The van der Waals surface area contributed by atoms with E-state index in [0.29, 0.717) is 11.8 Å². The van der Waals surface area contributed by atoms with Crippen LogP contribution in [0.15, 0.2) is 67.0 Å². The van der Waals surface area contributed by atoms with Crippen LogP contribution in [-0.2, 0) is 5.41 Å². The minimum absolute atomic E-state index is 0.0678. The lowest BCUT2D eigenvalue weighted by molar-refractivity contribution is 0.589. The monoisotopic (exact) mass is 437 g/mol. The van der Waals surface area contributed by atoms with Crippen LogP contribution in [0.5, 0.6) is 0 Å². The second-order valence-corrected chi connectivity index (χ2v) is 10.5. The molecule has 2 aromatic heterocycles. The summed E-state index contributed by atoms with van der Waals surface area (Å²) >= 11 is 0. The Bertz CT molecular complexity index is 1250. The van der Waals surface area contributed by atoms with Crippen LogP contribution in [0.2, 0.25) is 0 Å². The van der Waals surface area contributed by atoms with Gasteiger partial charge in [0.25, 0.3) is 0 Å². The molecule has 0 aliphatic heterocycles. The molecule has 3 nitrogen and oxygen atoms in total. The van der Waals surface area contributed by atoms with Gasteiger partial charge in [0.1, 0.15) is 11.6 Å². The third-order valence-corrected chi connectivity index (χ3v) is 6.30. The molecule has 0 aliphatic carbocycles. The standard InChI is InChI=1S/C30H35N3/c1-19(2)24-9-8-10-25(20(3)4)28(24)22-11-12-26-21(17-22)13-15-32-29(26)33-27-18-23(14-16-31-27)30(5,6)7/h8-20H,1-7H3,(H,31,32,33). The molecule has 3 heteroatoms. The molecule has 0 saturated carbocycles. The van der Waals surface area contributed by atoms with Crippen LogP contribution in [0.4, 0.5) is 11.6 Å². The highest BCUT2D eigenvalue weighted by Gasteiger charge is 2.17. The minimum Gasteiger partial charge on any atom is -0.324 e. The van der Waals surface area contributed by atoms with Crippen molar-refractivity contribution in [2.24, 2.45) is 0 Å². The van der Waals surface area contributed by atoms with Gasteiger partial charge in [0.2, 0.25) is 0 Å². The fourth-order valence-corrected chi connectivity index (χ4v) is 4.40. The summed E-state index contributed by atoms with van der Waals surface area (Å²) < 4.78 is 0. The van der Waals surface area contributed by atoms with Gasteiger partial charge in [-0.3, -0.25) is 0 Å². The van der Waals surface area contributed by atoms with Crippen LogP contribution in [0, 0.1) is 0 Å². The number of hydrogen-bond donors (Lipinski definition) is 1. The van der Waals surface area contributed by atoms with Gasteiger partial charge in [-0.05, 0) is 74.7 Å². The summed E-state index contributed by atoms with van der Waals surface area (Å²) in [6.45, 7) is 15.7. The van der Waals surface area contributed by atoms with Gasteiger partial charge < -0.3 is 5.32 Å². The van der Waals surface area contributed by atoms with Crippen molar-refractivity contribution in [3.05, 3.63) is 83.7 Å². The Hall–Kier alpha value is -3.20. The van der Waals surface area contributed by atoms with Crippen molar-refractivity contribution >= 4 is 22.4 Å². The average Bonchev–Trinajstić information content (AvgIpc) is 2.78. The van der Waals surface area contributed by atoms with Crippen LogP contribution in [0.3, 0.4) is 0 Å². The number of fused-ring (bicyclic) bond motifs is 1. The smallest absolute Gasteiger partial charge is 0.139 e. The number of pyridine rings is 2. The van der Waals surface area contributed by atoms with Gasteiger partial charge in [-0.2, -0.15) is 0 Å². The van der Waals surface area contributed by atoms with E-state index in [-0.39, 0.29) is 5.41 Å². The van der Waals surface area contributed by atoms with Crippen molar-refractivity contribution in [3.63, 3.8) is 0 Å². The molecule has 0 radical (unpaired) electrons. The summed E-state index contributed by atoms with van der Waals surface area (Å²) in [6.07, 6.45) is 3.74. The Kier molecular flexibility index (Phi) is 6.25. The Morgan fingerprint density at radius 3 is 2.06 bits per heavy atom. The summed E-state index contributed by atoms with van der Waals surface area (Å²) in [5.41, 5.74) is 6.75. The molecule has 170 valence electrons. The van der Waals surface area contributed by atoms with Crippen molar-refractivity contribution in [1.29, 1.82) is 0 Å². The number of nitrogens with one attached hydrogen (secondary N) is 1. The van der Waals surface area contributed by atoms with Gasteiger partial charge in [0.05, 0.1) is 0 Å².